The number of para-hydroxylation sites is 2. The van der Waals surface area contributed by atoms with E-state index in [-0.39, 0.29) is 0 Å². The molecule has 4 nitrogen and oxygen atoms in total. The van der Waals surface area contributed by atoms with Crippen molar-refractivity contribution < 1.29 is 8.83 Å². The number of hydrogen-bond donors (Lipinski definition) is 0. The van der Waals surface area contributed by atoms with Gasteiger partial charge >= 0.3 is 0 Å². The van der Waals surface area contributed by atoms with Gasteiger partial charge in [-0.2, -0.15) is 0 Å². The van der Waals surface area contributed by atoms with Crippen LogP contribution in [-0.2, 0) is 5.41 Å². The second kappa shape index (κ2) is 15.5. The second-order valence-corrected chi connectivity index (χ2v) is 18.0. The quantitative estimate of drug-likeness (QED) is 0.160. The Morgan fingerprint density at radius 1 is 0.275 bits per heavy atom. The van der Waals surface area contributed by atoms with Crippen LogP contribution in [0, 0.1) is 0 Å². The Hall–Kier alpha value is -9.12. The van der Waals surface area contributed by atoms with Gasteiger partial charge in [0, 0.05) is 38.2 Å². The Balaban J connectivity index is 0.999. The third kappa shape index (κ3) is 6.23. The maximum Gasteiger partial charge on any atom is 0.160 e. The first-order valence-electron chi connectivity index (χ1n) is 23.4. The highest BCUT2D eigenvalue weighted by Crippen LogP contribution is 2.56. The van der Waals surface area contributed by atoms with Crippen molar-refractivity contribution in [3.8, 4) is 67.3 Å². The van der Waals surface area contributed by atoms with Crippen LogP contribution in [0.2, 0.25) is 0 Å². The molecular formula is C65H40N2O2. The summed E-state index contributed by atoms with van der Waals surface area (Å²) in [6.45, 7) is 0. The molecule has 0 aliphatic heterocycles. The topological polar surface area (TPSA) is 52.1 Å². The summed E-state index contributed by atoms with van der Waals surface area (Å²) in [6, 6.07) is 86.5. The SMILES string of the molecule is c1ccc(-c2nc(-c3cc(-c4ccc5oc6ccccc6c5c4)cc(-c4ccc5oc6ccccc6c5c4)c3)cc(-c3ccc4c(c3)C(c3ccccc3)(c3ccccc3)c3ccccc3-4)n2)cc1. The molecule has 0 amide bonds. The summed E-state index contributed by atoms with van der Waals surface area (Å²) in [5.41, 5.74) is 19.3. The lowest BCUT2D eigenvalue weighted by Gasteiger charge is -2.34. The molecule has 4 heteroatoms. The average Bonchev–Trinajstić information content (AvgIpc) is 4.09. The number of furan rings is 2. The highest BCUT2D eigenvalue weighted by Gasteiger charge is 2.46. The molecule has 0 saturated carbocycles. The number of benzene rings is 10. The molecule has 13 aromatic rings. The lowest BCUT2D eigenvalue weighted by atomic mass is 9.67. The fourth-order valence-corrected chi connectivity index (χ4v) is 11.0. The highest BCUT2D eigenvalue weighted by atomic mass is 16.3. The van der Waals surface area contributed by atoms with E-state index in [4.69, 9.17) is 18.8 Å². The van der Waals surface area contributed by atoms with Crippen molar-refractivity contribution in [3.63, 3.8) is 0 Å². The Morgan fingerprint density at radius 2 is 0.739 bits per heavy atom. The van der Waals surface area contributed by atoms with E-state index in [1.54, 1.807) is 0 Å². The molecule has 10 aromatic carbocycles. The van der Waals surface area contributed by atoms with Crippen LogP contribution < -0.4 is 0 Å². The van der Waals surface area contributed by atoms with Gasteiger partial charge in [0.05, 0.1) is 16.8 Å². The van der Waals surface area contributed by atoms with Gasteiger partial charge in [0.25, 0.3) is 0 Å². The van der Waals surface area contributed by atoms with Gasteiger partial charge in [-0.05, 0) is 122 Å². The number of aromatic nitrogens is 2. The van der Waals surface area contributed by atoms with Crippen LogP contribution >= 0.6 is 0 Å². The molecule has 0 fully saturated rings. The van der Waals surface area contributed by atoms with Crippen LogP contribution in [0.5, 0.6) is 0 Å². The van der Waals surface area contributed by atoms with Gasteiger partial charge in [0.15, 0.2) is 5.82 Å². The van der Waals surface area contributed by atoms with Crippen LogP contribution in [0.25, 0.3) is 111 Å². The molecule has 0 N–H and O–H groups in total. The first kappa shape index (κ1) is 39.1. The minimum Gasteiger partial charge on any atom is -0.456 e. The van der Waals surface area contributed by atoms with Crippen molar-refractivity contribution in [2.75, 3.05) is 0 Å². The Bertz CT molecular complexity index is 3960. The first-order valence-corrected chi connectivity index (χ1v) is 23.4. The van der Waals surface area contributed by atoms with Crippen molar-refractivity contribution in [2.24, 2.45) is 0 Å². The van der Waals surface area contributed by atoms with Crippen LogP contribution in [0.3, 0.4) is 0 Å². The summed E-state index contributed by atoms with van der Waals surface area (Å²) in [7, 11) is 0. The Morgan fingerprint density at radius 3 is 1.35 bits per heavy atom. The number of rotatable bonds is 7. The van der Waals surface area contributed by atoms with Crippen LogP contribution in [-0.4, -0.2) is 9.97 Å². The summed E-state index contributed by atoms with van der Waals surface area (Å²) in [5.74, 6) is 0.661. The monoisotopic (exact) mass is 880 g/mol. The van der Waals surface area contributed by atoms with Crippen molar-refractivity contribution in [1.82, 2.24) is 9.97 Å². The van der Waals surface area contributed by atoms with Crippen molar-refractivity contribution >= 4 is 43.9 Å². The molecule has 0 bridgehead atoms. The predicted octanol–water partition coefficient (Wildman–Crippen LogP) is 17.0. The van der Waals surface area contributed by atoms with E-state index in [1.165, 1.54) is 33.4 Å². The second-order valence-electron chi connectivity index (χ2n) is 18.0. The van der Waals surface area contributed by atoms with Crippen molar-refractivity contribution in [2.45, 2.75) is 5.41 Å². The lowest BCUT2D eigenvalue weighted by Crippen LogP contribution is -2.28. The van der Waals surface area contributed by atoms with Gasteiger partial charge in [-0.1, -0.05) is 176 Å². The van der Waals surface area contributed by atoms with Gasteiger partial charge in [-0.25, -0.2) is 9.97 Å². The summed E-state index contributed by atoms with van der Waals surface area (Å²) in [4.78, 5) is 10.8. The molecule has 0 spiro atoms. The zero-order valence-electron chi connectivity index (χ0n) is 37.3. The zero-order chi connectivity index (χ0) is 45.5. The Labute approximate surface area is 398 Å². The van der Waals surface area contributed by atoms with Crippen molar-refractivity contribution in [1.29, 1.82) is 0 Å². The highest BCUT2D eigenvalue weighted by molar-refractivity contribution is 6.08. The smallest absolute Gasteiger partial charge is 0.160 e. The van der Waals surface area contributed by atoms with Crippen molar-refractivity contribution in [3.05, 3.63) is 265 Å². The van der Waals surface area contributed by atoms with E-state index in [0.29, 0.717) is 5.82 Å². The van der Waals surface area contributed by atoms with E-state index in [1.807, 2.05) is 30.3 Å². The van der Waals surface area contributed by atoms with E-state index >= 15 is 0 Å². The molecule has 0 atom stereocenters. The summed E-state index contributed by atoms with van der Waals surface area (Å²) in [6.07, 6.45) is 0. The average molecular weight is 881 g/mol. The summed E-state index contributed by atoms with van der Waals surface area (Å²) in [5, 5.41) is 4.35. The maximum atomic E-state index is 6.29. The van der Waals surface area contributed by atoms with Gasteiger partial charge in [0.2, 0.25) is 0 Å². The number of nitrogens with zero attached hydrogens (tertiary/aromatic N) is 2. The van der Waals surface area contributed by atoms with E-state index in [2.05, 4.69) is 212 Å². The molecule has 69 heavy (non-hydrogen) atoms. The number of hydrogen-bond acceptors (Lipinski definition) is 4. The van der Waals surface area contributed by atoms with E-state index < -0.39 is 5.41 Å². The molecule has 3 aromatic heterocycles. The molecule has 14 rings (SSSR count). The fraction of sp³-hybridized carbons (Fsp3) is 0.0154. The van der Waals surface area contributed by atoms with Gasteiger partial charge in [-0.15, -0.1) is 0 Å². The summed E-state index contributed by atoms with van der Waals surface area (Å²) >= 11 is 0. The minimum absolute atomic E-state index is 0.547. The molecule has 0 saturated heterocycles. The molecule has 0 unspecified atom stereocenters. The molecule has 3 heterocycles. The molecule has 322 valence electrons. The first-order chi connectivity index (χ1) is 34.2. The molecular weight excluding hydrogens is 841 g/mol. The molecule has 0 radical (unpaired) electrons. The van der Waals surface area contributed by atoms with Gasteiger partial charge in [-0.3, -0.25) is 0 Å². The van der Waals surface area contributed by atoms with Crippen LogP contribution in [0.15, 0.2) is 251 Å². The lowest BCUT2D eigenvalue weighted by molar-refractivity contribution is 0.668. The van der Waals surface area contributed by atoms with Gasteiger partial charge < -0.3 is 8.83 Å². The van der Waals surface area contributed by atoms with E-state index in [0.717, 1.165) is 94.2 Å². The normalized spacial score (nSPS) is 12.8. The fourth-order valence-electron chi connectivity index (χ4n) is 11.0. The third-order valence-electron chi connectivity index (χ3n) is 14.2. The molecule has 1 aliphatic carbocycles. The van der Waals surface area contributed by atoms with Gasteiger partial charge in [0.1, 0.15) is 22.3 Å². The standard InChI is InChI=1S/C65H40N2O2/c1-4-16-41(17-5-1)64-66-58(44-28-31-51-50-22-10-13-25-56(50)65(57(51)39-44,48-18-6-2-7-19-48)49-20-8-3-9-21-49)40-59(67-64)47-35-45(42-29-32-62-54(37-42)52-23-11-14-26-60(52)68-62)34-46(36-47)43-30-33-63-55(38-43)53-24-12-15-27-61(53)69-63/h1-40H. The van der Waals surface area contributed by atoms with E-state index in [9.17, 15) is 0 Å². The Kier molecular flexibility index (Phi) is 8.77. The zero-order valence-corrected chi connectivity index (χ0v) is 37.3. The number of fused-ring (bicyclic) bond motifs is 9. The minimum atomic E-state index is -0.547. The predicted molar refractivity (Wildman–Crippen MR) is 281 cm³/mol. The maximum absolute atomic E-state index is 6.29. The molecule has 1 aliphatic rings. The van der Waals surface area contributed by atoms with Crippen LogP contribution in [0.1, 0.15) is 22.3 Å². The largest absolute Gasteiger partial charge is 0.456 e. The third-order valence-corrected chi connectivity index (χ3v) is 14.2. The summed E-state index contributed by atoms with van der Waals surface area (Å²) < 4.78 is 12.6. The van der Waals surface area contributed by atoms with Crippen LogP contribution in [0.4, 0.5) is 0 Å².